The van der Waals surface area contributed by atoms with E-state index in [0.717, 1.165) is 34.4 Å². The van der Waals surface area contributed by atoms with Gasteiger partial charge in [-0.15, -0.1) is 5.10 Å². The van der Waals surface area contributed by atoms with E-state index in [9.17, 15) is 42.2 Å². The Balaban J connectivity index is 1.08. The van der Waals surface area contributed by atoms with Crippen LogP contribution in [0, 0.1) is 5.82 Å². The predicted octanol–water partition coefficient (Wildman–Crippen LogP) is 1.12. The van der Waals surface area contributed by atoms with E-state index < -0.39 is 83.6 Å². The zero-order chi connectivity index (χ0) is 38.9. The third-order valence-electron chi connectivity index (χ3n) is 8.91. The number of benzene rings is 2. The third-order valence-corrected chi connectivity index (χ3v) is 10.1. The van der Waals surface area contributed by atoms with Crippen LogP contribution in [0.5, 0.6) is 0 Å². The maximum atomic E-state index is 13.7. The van der Waals surface area contributed by atoms with Gasteiger partial charge in [-0.1, -0.05) is 0 Å². The first kappa shape index (κ1) is 38.3. The Labute approximate surface area is 307 Å². The summed E-state index contributed by atoms with van der Waals surface area (Å²) in [6.07, 6.45) is -2.59. The van der Waals surface area contributed by atoms with E-state index in [0.29, 0.717) is 16.5 Å². The van der Waals surface area contributed by atoms with E-state index in [4.69, 9.17) is 24.4 Å². The van der Waals surface area contributed by atoms with Crippen LogP contribution in [0.15, 0.2) is 47.1 Å². The van der Waals surface area contributed by atoms with Gasteiger partial charge >= 0.3 is 11.9 Å². The van der Waals surface area contributed by atoms with Crippen LogP contribution in [0.2, 0.25) is 0 Å². The van der Waals surface area contributed by atoms with Crippen molar-refractivity contribution in [3.8, 4) is 11.3 Å². The molecule has 5 N–H and O–H groups in total. The van der Waals surface area contributed by atoms with E-state index >= 15 is 0 Å². The Morgan fingerprint density at radius 3 is 2.37 bits per heavy atom. The van der Waals surface area contributed by atoms with Gasteiger partial charge in [0, 0.05) is 24.1 Å². The van der Waals surface area contributed by atoms with E-state index in [1.54, 1.807) is 6.07 Å². The molecule has 2 amide bonds. The summed E-state index contributed by atoms with van der Waals surface area (Å²) >= 11 is 0. The van der Waals surface area contributed by atoms with Crippen molar-refractivity contribution in [2.45, 2.75) is 56.1 Å². The monoisotopic (exact) mass is 772 g/mol. The first-order valence-corrected chi connectivity index (χ1v) is 18.6. The minimum atomic E-state index is -3.94. The first-order chi connectivity index (χ1) is 25.7. The molecule has 6 rings (SSSR count). The molecule has 3 heterocycles. The molecule has 2 aliphatic rings. The van der Waals surface area contributed by atoms with Gasteiger partial charge in [0.1, 0.15) is 55.0 Å². The molecular weight excluding hydrogens is 735 g/mol. The van der Waals surface area contributed by atoms with Gasteiger partial charge in [-0.3, -0.25) is 23.5 Å². The van der Waals surface area contributed by atoms with Crippen LogP contribution in [0.3, 0.4) is 0 Å². The van der Waals surface area contributed by atoms with Crippen molar-refractivity contribution < 1.29 is 60.8 Å². The lowest BCUT2D eigenvalue weighted by atomic mass is 10.0. The summed E-state index contributed by atoms with van der Waals surface area (Å²) in [4.78, 5) is 52.9. The molecule has 2 fully saturated rings. The fourth-order valence-corrected chi connectivity index (χ4v) is 6.99. The Morgan fingerprint density at radius 1 is 1.07 bits per heavy atom. The molecule has 18 nitrogen and oxygen atoms in total. The summed E-state index contributed by atoms with van der Waals surface area (Å²) in [5.41, 5.74) is 6.95. The Kier molecular flexibility index (Phi) is 11.0. The van der Waals surface area contributed by atoms with Crippen molar-refractivity contribution in [2.24, 2.45) is 5.73 Å². The first-order valence-electron chi connectivity index (χ1n) is 16.8. The van der Waals surface area contributed by atoms with Crippen molar-refractivity contribution >= 4 is 50.4 Å². The van der Waals surface area contributed by atoms with Crippen LogP contribution >= 0.6 is 0 Å². The molecule has 0 bridgehead atoms. The maximum absolute atomic E-state index is 13.7. The van der Waals surface area contributed by atoms with Crippen molar-refractivity contribution in [3.63, 3.8) is 0 Å². The fraction of sp³-hybridized carbons (Fsp3) is 0.412. The van der Waals surface area contributed by atoms with Crippen molar-refractivity contribution in [3.05, 3.63) is 65.5 Å². The standard InChI is InChI=1S/C34H37FN6O12S/c1-37-33(47)27-21-13-20(17-3-4-17)22(14-23(21)52-30(27)18-5-7-19(35)8-6-18)41(54(2,48)49)11-12-50-25(42)9-10-26(43)51-15-24-28(44)29(45)34(53-24)40-16-38-32(39-40)31(36)46/h5-8,13-14,16-17,24,28-29,34,44-45H,3-4,9-12,15H2,1-2H3,(H2,36,46)(H,37,47)/t24-,28-,29-,34-/m1/s1. The van der Waals surface area contributed by atoms with Gasteiger partial charge in [0.25, 0.3) is 11.8 Å². The molecule has 1 aliphatic carbocycles. The average molecular weight is 773 g/mol. The van der Waals surface area contributed by atoms with Crippen LogP contribution in [0.4, 0.5) is 10.1 Å². The topological polar surface area (TPSA) is 256 Å². The maximum Gasteiger partial charge on any atom is 0.306 e. The minimum Gasteiger partial charge on any atom is -0.464 e. The number of carbonyl (C=O) groups is 4. The summed E-state index contributed by atoms with van der Waals surface area (Å²) in [6.45, 7) is -1.13. The van der Waals surface area contributed by atoms with Gasteiger partial charge in [0.05, 0.1) is 36.9 Å². The number of aliphatic hydroxyl groups excluding tert-OH is 2. The number of nitrogens with zero attached hydrogens (tertiary/aromatic N) is 4. The lowest BCUT2D eigenvalue weighted by molar-refractivity contribution is -0.154. The lowest BCUT2D eigenvalue weighted by Gasteiger charge is -2.25. The number of fused-ring (bicyclic) bond motifs is 1. The zero-order valence-electron chi connectivity index (χ0n) is 29.0. The zero-order valence-corrected chi connectivity index (χ0v) is 29.8. The number of hydrogen-bond donors (Lipinski definition) is 4. The SMILES string of the molecule is CNC(=O)c1c(-c2ccc(F)cc2)oc2cc(N(CCOC(=O)CCC(=O)OC[C@H]3O[C@@H](n4cnc(C(N)=O)n4)[C@H](O)[C@@H]3O)S(C)(=O)=O)c(C3CC3)cc12. The normalized spacial score (nSPS) is 19.8. The molecule has 20 heteroatoms. The van der Waals surface area contributed by atoms with Crippen LogP contribution in [0.1, 0.15) is 64.4 Å². The van der Waals surface area contributed by atoms with Crippen LogP contribution in [-0.2, 0) is 33.8 Å². The molecule has 2 aromatic carbocycles. The molecule has 288 valence electrons. The van der Waals surface area contributed by atoms with Crippen molar-refractivity contribution in [1.29, 1.82) is 0 Å². The average Bonchev–Trinajstić information content (AvgIpc) is 3.62. The van der Waals surface area contributed by atoms with Gasteiger partial charge < -0.3 is 39.9 Å². The highest BCUT2D eigenvalue weighted by molar-refractivity contribution is 7.92. The van der Waals surface area contributed by atoms with E-state index in [1.165, 1.54) is 37.4 Å². The number of nitrogens with two attached hydrogens (primary N) is 1. The number of ether oxygens (including phenoxy) is 3. The molecule has 0 unspecified atom stereocenters. The number of aromatic nitrogens is 3. The molecule has 0 radical (unpaired) electrons. The second-order valence-corrected chi connectivity index (χ2v) is 14.7. The number of halogens is 1. The number of sulfonamides is 1. The van der Waals surface area contributed by atoms with Crippen molar-refractivity contribution in [1.82, 2.24) is 20.1 Å². The van der Waals surface area contributed by atoms with Crippen LogP contribution in [0.25, 0.3) is 22.3 Å². The summed E-state index contributed by atoms with van der Waals surface area (Å²) < 4.78 is 64.0. The number of aliphatic hydroxyl groups is 2. The number of amides is 2. The molecular formula is C34H37FN6O12S. The molecule has 1 aliphatic heterocycles. The number of hydrogen-bond acceptors (Lipinski definition) is 14. The second-order valence-electron chi connectivity index (χ2n) is 12.8. The van der Waals surface area contributed by atoms with Crippen LogP contribution < -0.4 is 15.4 Å². The molecule has 2 aromatic heterocycles. The van der Waals surface area contributed by atoms with E-state index in [1.807, 2.05) is 0 Å². The highest BCUT2D eigenvalue weighted by Crippen LogP contribution is 2.48. The number of primary amides is 1. The van der Waals surface area contributed by atoms with Crippen molar-refractivity contribution in [2.75, 3.05) is 37.4 Å². The number of furan rings is 1. The summed E-state index contributed by atoms with van der Waals surface area (Å²) in [7, 11) is -2.48. The third kappa shape index (κ3) is 8.20. The molecule has 1 saturated heterocycles. The largest absolute Gasteiger partial charge is 0.464 e. The molecule has 54 heavy (non-hydrogen) atoms. The van der Waals surface area contributed by atoms with Gasteiger partial charge in [-0.2, -0.15) is 0 Å². The molecule has 4 aromatic rings. The highest BCUT2D eigenvalue weighted by atomic mass is 32.2. The summed E-state index contributed by atoms with van der Waals surface area (Å²) in [5.74, 6) is -3.63. The number of anilines is 1. The minimum absolute atomic E-state index is 0.00562. The number of rotatable bonds is 15. The van der Waals surface area contributed by atoms with E-state index in [2.05, 4.69) is 15.4 Å². The lowest BCUT2D eigenvalue weighted by Crippen LogP contribution is -2.34. The quantitative estimate of drug-likeness (QED) is 0.124. The fourth-order valence-electron chi connectivity index (χ4n) is 6.07. The van der Waals surface area contributed by atoms with Gasteiger partial charge in [-0.05, 0) is 54.7 Å². The van der Waals surface area contributed by atoms with Gasteiger partial charge in [0.15, 0.2) is 6.23 Å². The Bertz CT molecular complexity index is 2190. The van der Waals surface area contributed by atoms with Gasteiger partial charge in [0.2, 0.25) is 15.8 Å². The number of carbonyl (C=O) groups excluding carboxylic acids is 4. The van der Waals surface area contributed by atoms with E-state index in [-0.39, 0.29) is 47.5 Å². The summed E-state index contributed by atoms with van der Waals surface area (Å²) in [5, 5.41) is 27.5. The molecule has 1 saturated carbocycles. The predicted molar refractivity (Wildman–Crippen MR) is 185 cm³/mol. The smallest absolute Gasteiger partial charge is 0.306 e. The Morgan fingerprint density at radius 2 is 1.76 bits per heavy atom. The summed E-state index contributed by atoms with van der Waals surface area (Å²) in [6, 6.07) is 8.66. The molecule has 0 spiro atoms. The van der Waals surface area contributed by atoms with Gasteiger partial charge in [-0.25, -0.2) is 22.5 Å². The number of esters is 2. The number of nitrogens with one attached hydrogen (secondary N) is 1. The molecule has 4 atom stereocenters. The van der Waals surface area contributed by atoms with Crippen LogP contribution in [-0.4, -0.2) is 109 Å². The second kappa shape index (κ2) is 15.5. The Hall–Kier alpha value is -5.44. The highest BCUT2D eigenvalue weighted by Gasteiger charge is 2.45.